The average molecular weight is 259 g/mol. The first-order chi connectivity index (χ1) is 9.10. The van der Waals surface area contributed by atoms with Crippen LogP contribution >= 0.6 is 0 Å². The molecular formula is C14H14FN3O. The van der Waals surface area contributed by atoms with Crippen LogP contribution in [0.5, 0.6) is 0 Å². The van der Waals surface area contributed by atoms with Crippen LogP contribution < -0.4 is 16.6 Å². The number of halogens is 1. The summed E-state index contributed by atoms with van der Waals surface area (Å²) in [6.07, 6.45) is 0. The van der Waals surface area contributed by atoms with Crippen LogP contribution in [0.1, 0.15) is 15.9 Å². The third-order valence-electron chi connectivity index (χ3n) is 2.75. The van der Waals surface area contributed by atoms with E-state index in [-0.39, 0.29) is 11.7 Å². The minimum atomic E-state index is -0.341. The van der Waals surface area contributed by atoms with Crippen molar-refractivity contribution in [2.45, 2.75) is 6.92 Å². The summed E-state index contributed by atoms with van der Waals surface area (Å²) in [6.45, 7) is 1.85. The Bertz CT molecular complexity index is 596. The molecule has 2 rings (SSSR count). The molecule has 98 valence electrons. The van der Waals surface area contributed by atoms with Crippen molar-refractivity contribution in [3.63, 3.8) is 0 Å². The van der Waals surface area contributed by atoms with E-state index in [9.17, 15) is 9.18 Å². The maximum atomic E-state index is 12.8. The second-order valence-corrected chi connectivity index (χ2v) is 4.14. The van der Waals surface area contributed by atoms with Crippen LogP contribution in [0.4, 0.5) is 15.8 Å². The number of hydrogen-bond donors (Lipinski definition) is 3. The summed E-state index contributed by atoms with van der Waals surface area (Å²) in [4.78, 5) is 12.0. The third-order valence-corrected chi connectivity index (χ3v) is 2.75. The van der Waals surface area contributed by atoms with Crippen LogP contribution in [0.2, 0.25) is 0 Å². The maximum absolute atomic E-state index is 12.8. The predicted octanol–water partition coefficient (Wildman–Crippen LogP) is 2.67. The van der Waals surface area contributed by atoms with E-state index < -0.39 is 0 Å². The summed E-state index contributed by atoms with van der Waals surface area (Å²) in [5.41, 5.74) is 5.24. The number of hydrogen-bond acceptors (Lipinski definition) is 3. The number of benzene rings is 2. The van der Waals surface area contributed by atoms with Crippen LogP contribution in [-0.2, 0) is 0 Å². The SMILES string of the molecule is Cc1cc(C(=O)Nc2ccc(F)cc2)ccc1NN. The molecule has 4 N–H and O–H groups in total. The lowest BCUT2D eigenvalue weighted by atomic mass is 10.1. The van der Waals surface area contributed by atoms with E-state index in [1.54, 1.807) is 18.2 Å². The fourth-order valence-electron chi connectivity index (χ4n) is 1.70. The molecular weight excluding hydrogens is 245 g/mol. The molecule has 0 heterocycles. The topological polar surface area (TPSA) is 67.2 Å². The molecule has 2 aromatic rings. The highest BCUT2D eigenvalue weighted by Crippen LogP contribution is 2.16. The zero-order chi connectivity index (χ0) is 13.8. The van der Waals surface area contributed by atoms with Gasteiger partial charge < -0.3 is 10.7 Å². The highest BCUT2D eigenvalue weighted by molar-refractivity contribution is 6.04. The van der Waals surface area contributed by atoms with E-state index in [2.05, 4.69) is 10.7 Å². The predicted molar refractivity (Wildman–Crippen MR) is 73.3 cm³/mol. The molecule has 0 spiro atoms. The molecule has 0 aliphatic heterocycles. The fourth-order valence-corrected chi connectivity index (χ4v) is 1.70. The number of carbonyl (C=O) groups excluding carboxylic acids is 1. The number of hydrazine groups is 1. The Hall–Kier alpha value is -2.40. The highest BCUT2D eigenvalue weighted by atomic mass is 19.1. The molecule has 0 unspecified atom stereocenters. The minimum absolute atomic E-state index is 0.252. The monoisotopic (exact) mass is 259 g/mol. The van der Waals surface area contributed by atoms with E-state index in [1.165, 1.54) is 24.3 Å². The van der Waals surface area contributed by atoms with Crippen LogP contribution in [-0.4, -0.2) is 5.91 Å². The number of nitrogens with two attached hydrogens (primary N) is 1. The second-order valence-electron chi connectivity index (χ2n) is 4.14. The Kier molecular flexibility index (Phi) is 3.77. The number of aryl methyl sites for hydroxylation is 1. The highest BCUT2D eigenvalue weighted by Gasteiger charge is 2.07. The summed E-state index contributed by atoms with van der Waals surface area (Å²) in [5, 5.41) is 2.69. The molecule has 0 radical (unpaired) electrons. The molecule has 5 heteroatoms. The normalized spacial score (nSPS) is 10.1. The Morgan fingerprint density at radius 3 is 2.42 bits per heavy atom. The Morgan fingerprint density at radius 2 is 1.84 bits per heavy atom. The third kappa shape index (κ3) is 3.08. The van der Waals surface area contributed by atoms with Gasteiger partial charge in [-0.2, -0.15) is 0 Å². The van der Waals surface area contributed by atoms with Gasteiger partial charge in [0, 0.05) is 11.3 Å². The lowest BCUT2D eigenvalue weighted by Gasteiger charge is -2.08. The van der Waals surface area contributed by atoms with Crippen molar-refractivity contribution in [3.8, 4) is 0 Å². The van der Waals surface area contributed by atoms with Gasteiger partial charge in [-0.1, -0.05) is 0 Å². The van der Waals surface area contributed by atoms with Gasteiger partial charge in [-0.25, -0.2) is 4.39 Å². The molecule has 0 fully saturated rings. The van der Waals surface area contributed by atoms with Crippen molar-refractivity contribution in [2.75, 3.05) is 10.7 Å². The maximum Gasteiger partial charge on any atom is 0.255 e. The van der Waals surface area contributed by atoms with E-state index >= 15 is 0 Å². The van der Waals surface area contributed by atoms with Crippen molar-refractivity contribution >= 4 is 17.3 Å². The van der Waals surface area contributed by atoms with Gasteiger partial charge in [-0.15, -0.1) is 0 Å². The van der Waals surface area contributed by atoms with E-state index in [1.807, 2.05) is 6.92 Å². The van der Waals surface area contributed by atoms with E-state index in [4.69, 9.17) is 5.84 Å². The van der Waals surface area contributed by atoms with Gasteiger partial charge >= 0.3 is 0 Å². The fraction of sp³-hybridized carbons (Fsp3) is 0.0714. The molecule has 19 heavy (non-hydrogen) atoms. The van der Waals surface area contributed by atoms with Crippen molar-refractivity contribution < 1.29 is 9.18 Å². The van der Waals surface area contributed by atoms with Gasteiger partial charge in [0.15, 0.2) is 0 Å². The summed E-state index contributed by atoms with van der Waals surface area (Å²) >= 11 is 0. The Labute approximate surface area is 110 Å². The van der Waals surface area contributed by atoms with Crippen LogP contribution in [0, 0.1) is 12.7 Å². The smallest absolute Gasteiger partial charge is 0.255 e. The molecule has 0 aliphatic carbocycles. The summed E-state index contributed by atoms with van der Waals surface area (Å²) in [6, 6.07) is 10.7. The van der Waals surface area contributed by atoms with Crippen LogP contribution in [0.15, 0.2) is 42.5 Å². The summed E-state index contributed by atoms with van der Waals surface area (Å²) in [7, 11) is 0. The molecule has 0 saturated heterocycles. The Morgan fingerprint density at radius 1 is 1.16 bits per heavy atom. The molecule has 0 aliphatic rings. The number of amides is 1. The number of nitrogen functional groups attached to an aromatic ring is 1. The molecule has 0 saturated carbocycles. The minimum Gasteiger partial charge on any atom is -0.324 e. The van der Waals surface area contributed by atoms with Crippen molar-refractivity contribution in [1.29, 1.82) is 0 Å². The molecule has 0 aromatic heterocycles. The Balaban J connectivity index is 2.16. The number of nitrogens with one attached hydrogen (secondary N) is 2. The zero-order valence-corrected chi connectivity index (χ0v) is 10.4. The first-order valence-electron chi connectivity index (χ1n) is 5.74. The molecule has 1 amide bonds. The summed E-state index contributed by atoms with van der Waals surface area (Å²) < 4.78 is 12.8. The van der Waals surface area contributed by atoms with E-state index in [0.717, 1.165) is 11.3 Å². The van der Waals surface area contributed by atoms with Gasteiger partial charge in [-0.05, 0) is 55.0 Å². The molecule has 0 bridgehead atoms. The summed E-state index contributed by atoms with van der Waals surface area (Å²) in [5.74, 6) is 4.74. The van der Waals surface area contributed by atoms with Gasteiger partial charge in [-0.3, -0.25) is 10.6 Å². The molecule has 4 nitrogen and oxygen atoms in total. The van der Waals surface area contributed by atoms with Crippen LogP contribution in [0.3, 0.4) is 0 Å². The van der Waals surface area contributed by atoms with Crippen molar-refractivity contribution in [1.82, 2.24) is 0 Å². The first-order valence-corrected chi connectivity index (χ1v) is 5.74. The van der Waals surface area contributed by atoms with Gasteiger partial charge in [0.25, 0.3) is 5.91 Å². The molecule has 0 atom stereocenters. The number of rotatable bonds is 3. The lowest BCUT2D eigenvalue weighted by Crippen LogP contribution is -2.13. The molecule has 2 aromatic carbocycles. The standard InChI is InChI=1S/C14H14FN3O/c1-9-8-10(2-7-13(9)18-16)14(19)17-12-5-3-11(15)4-6-12/h2-8,18H,16H2,1H3,(H,17,19). The zero-order valence-electron chi connectivity index (χ0n) is 10.4. The second kappa shape index (κ2) is 5.49. The quantitative estimate of drug-likeness (QED) is 0.586. The largest absolute Gasteiger partial charge is 0.324 e. The van der Waals surface area contributed by atoms with Gasteiger partial charge in [0.1, 0.15) is 5.82 Å². The first kappa shape index (κ1) is 13.0. The van der Waals surface area contributed by atoms with Crippen LogP contribution in [0.25, 0.3) is 0 Å². The van der Waals surface area contributed by atoms with Gasteiger partial charge in [0.05, 0.1) is 5.69 Å². The number of anilines is 2. The number of carbonyl (C=O) groups is 1. The van der Waals surface area contributed by atoms with Crippen molar-refractivity contribution in [2.24, 2.45) is 5.84 Å². The van der Waals surface area contributed by atoms with Crippen molar-refractivity contribution in [3.05, 3.63) is 59.4 Å². The lowest BCUT2D eigenvalue weighted by molar-refractivity contribution is 0.102. The van der Waals surface area contributed by atoms with E-state index in [0.29, 0.717) is 11.3 Å². The average Bonchev–Trinajstić information content (AvgIpc) is 2.41. The van der Waals surface area contributed by atoms with Gasteiger partial charge in [0.2, 0.25) is 0 Å².